The van der Waals surface area contributed by atoms with Crippen molar-refractivity contribution in [3.63, 3.8) is 0 Å². The van der Waals surface area contributed by atoms with E-state index >= 15 is 0 Å². The summed E-state index contributed by atoms with van der Waals surface area (Å²) in [7, 11) is -6.31. The van der Waals surface area contributed by atoms with Crippen molar-refractivity contribution in [1.82, 2.24) is 0 Å². The molecule has 4 bridgehead atoms. The molecule has 0 radical (unpaired) electrons. The Labute approximate surface area is 311 Å². The van der Waals surface area contributed by atoms with Crippen molar-refractivity contribution in [1.29, 1.82) is 0 Å². The van der Waals surface area contributed by atoms with Crippen LogP contribution in [0.4, 0.5) is 0 Å². The van der Waals surface area contributed by atoms with Gasteiger partial charge in [-0.1, -0.05) is 155 Å². The molecule has 0 spiro atoms. The molecule has 5 rings (SSSR count). The van der Waals surface area contributed by atoms with Crippen LogP contribution < -0.4 is 0 Å². The lowest BCUT2D eigenvalue weighted by Gasteiger charge is -2.60. The second-order valence-electron chi connectivity index (χ2n) is 16.3. The average Bonchev–Trinajstić information content (AvgIpc) is 3.09. The molecular formula is C40H71O9PSi. The maximum Gasteiger partial charge on any atom is 0.475 e. The van der Waals surface area contributed by atoms with Crippen LogP contribution >= 0.6 is 7.82 Å². The Balaban J connectivity index is 1.46. The second kappa shape index (κ2) is 21.4. The van der Waals surface area contributed by atoms with Crippen LogP contribution in [0.15, 0.2) is 30.3 Å². The molecule has 1 aromatic rings. The van der Waals surface area contributed by atoms with E-state index in [4.69, 9.17) is 36.9 Å². The van der Waals surface area contributed by atoms with E-state index in [1.807, 2.05) is 30.3 Å². The maximum absolute atomic E-state index is 14.6. The van der Waals surface area contributed by atoms with Gasteiger partial charge in [-0.3, -0.25) is 13.6 Å². The largest absolute Gasteiger partial charge is 0.475 e. The molecule has 0 unspecified atom stereocenters. The zero-order chi connectivity index (χ0) is 36.7. The Morgan fingerprint density at radius 2 is 1.10 bits per heavy atom. The van der Waals surface area contributed by atoms with E-state index in [-0.39, 0.29) is 5.04 Å². The van der Waals surface area contributed by atoms with Crippen molar-refractivity contribution >= 4 is 16.1 Å². The Morgan fingerprint density at radius 3 is 1.59 bits per heavy atom. The number of unbranched alkanes of at least 4 members (excludes halogenated alkanes) is 14. The first-order valence-electron chi connectivity index (χ1n) is 20.4. The van der Waals surface area contributed by atoms with Crippen LogP contribution in [0, 0.1) is 0 Å². The summed E-state index contributed by atoms with van der Waals surface area (Å²) in [5, 5.41) is -0.0531. The lowest BCUT2D eigenvalue weighted by Crippen LogP contribution is -2.77. The summed E-state index contributed by atoms with van der Waals surface area (Å²) < 4.78 is 65.8. The lowest BCUT2D eigenvalue weighted by molar-refractivity contribution is -0.481. The molecule has 294 valence electrons. The minimum absolute atomic E-state index is 0.0531. The smallest absolute Gasteiger partial charge is 0.408 e. The van der Waals surface area contributed by atoms with Crippen LogP contribution in [0.25, 0.3) is 0 Å². The quantitative estimate of drug-likeness (QED) is 0.0494. The minimum atomic E-state index is -4.00. The Morgan fingerprint density at radius 1 is 0.647 bits per heavy atom. The van der Waals surface area contributed by atoms with Crippen molar-refractivity contribution in [2.24, 2.45) is 0 Å². The average molecular weight is 755 g/mol. The first kappa shape index (κ1) is 43.1. The lowest BCUT2D eigenvalue weighted by atomic mass is 9.82. The van der Waals surface area contributed by atoms with Crippen molar-refractivity contribution in [2.45, 2.75) is 205 Å². The maximum atomic E-state index is 14.6. The highest BCUT2D eigenvalue weighted by atomic mass is 31.2. The number of hydrogen-bond donors (Lipinski definition) is 0. The molecule has 0 N–H and O–H groups in total. The number of phosphoric acid groups is 1. The van der Waals surface area contributed by atoms with E-state index in [2.05, 4.69) is 47.7 Å². The molecule has 9 nitrogen and oxygen atoms in total. The van der Waals surface area contributed by atoms with Gasteiger partial charge in [-0.25, -0.2) is 4.57 Å². The zero-order valence-corrected chi connectivity index (χ0v) is 34.9. The molecule has 3 heterocycles. The molecule has 4 aliphatic rings. The summed E-state index contributed by atoms with van der Waals surface area (Å²) in [6.45, 7) is 15.7. The highest BCUT2D eigenvalue weighted by Crippen LogP contribution is 2.56. The normalized spacial score (nSPS) is 26.3. The SMILES string of the molecule is CCCCCCCCCCOP(=O)(OCCCCCCCCCC)O[C@H]1[C@@H]2O[C@H]3O[C@@H]([C@H]2OCc2ccccc2)[C@H](O[Si](C)(C)C(C)(C)C)[C@@H]1O3. The number of benzene rings is 1. The summed E-state index contributed by atoms with van der Waals surface area (Å²) in [6.07, 6.45) is 15.1. The first-order chi connectivity index (χ1) is 24.5. The van der Waals surface area contributed by atoms with Gasteiger partial charge in [0.05, 0.1) is 19.8 Å². The number of ether oxygens (including phenoxy) is 4. The van der Waals surface area contributed by atoms with Crippen LogP contribution in [0.2, 0.25) is 18.1 Å². The fourth-order valence-electron chi connectivity index (χ4n) is 6.87. The van der Waals surface area contributed by atoms with Crippen molar-refractivity contribution in [3.05, 3.63) is 35.9 Å². The van der Waals surface area contributed by atoms with Gasteiger partial charge in [-0.2, -0.15) is 0 Å². The van der Waals surface area contributed by atoms with E-state index in [0.717, 1.165) is 44.1 Å². The van der Waals surface area contributed by atoms with Gasteiger partial charge >= 0.3 is 7.82 Å². The van der Waals surface area contributed by atoms with Gasteiger partial charge in [-0.15, -0.1) is 0 Å². The topological polar surface area (TPSA) is 90.9 Å². The van der Waals surface area contributed by atoms with Gasteiger partial charge in [0.2, 0.25) is 0 Å². The molecule has 1 aliphatic carbocycles. The number of hydrogen-bond acceptors (Lipinski definition) is 9. The molecule has 7 atom stereocenters. The van der Waals surface area contributed by atoms with E-state index in [1.165, 1.54) is 64.2 Å². The highest BCUT2D eigenvalue weighted by Gasteiger charge is 2.66. The van der Waals surface area contributed by atoms with Gasteiger partial charge in [0, 0.05) is 0 Å². The minimum Gasteiger partial charge on any atom is -0.408 e. The van der Waals surface area contributed by atoms with Gasteiger partial charge in [0.1, 0.15) is 36.6 Å². The van der Waals surface area contributed by atoms with Crippen LogP contribution in [0.1, 0.15) is 143 Å². The van der Waals surface area contributed by atoms with Gasteiger partial charge in [0.25, 0.3) is 6.48 Å². The molecular weight excluding hydrogens is 683 g/mol. The first-order valence-corrected chi connectivity index (χ1v) is 24.7. The predicted molar refractivity (Wildman–Crippen MR) is 205 cm³/mol. The molecule has 3 saturated heterocycles. The fourth-order valence-corrected chi connectivity index (χ4v) is 9.61. The standard InChI is InChI=1S/C40H71O9PSi/c1-8-10-12-14-16-18-20-25-29-43-50(41,44-30-26-21-19-17-15-13-11-9-2)48-37-34-33(42-31-32-27-23-22-24-28-32)35-38(36(37)47-39(45-34)46-35)49-51(6,7)40(3,4)5/h22-24,27-28,33-39H,8-21,25-26,29-31H2,1-7H3/t33-,34+,35-,36+,37-,38-,39-/m0/s1. The third-order valence-corrected chi connectivity index (χ3v) is 17.0. The Kier molecular flexibility index (Phi) is 18.1. The third-order valence-electron chi connectivity index (χ3n) is 11.0. The predicted octanol–water partition coefficient (Wildman–Crippen LogP) is 11.3. The molecule has 1 aromatic carbocycles. The van der Waals surface area contributed by atoms with Gasteiger partial charge < -0.3 is 23.4 Å². The van der Waals surface area contributed by atoms with Crippen LogP contribution in [-0.4, -0.2) is 64.6 Å². The number of phosphoric ester groups is 1. The van der Waals surface area contributed by atoms with Gasteiger partial charge in [0.15, 0.2) is 8.32 Å². The highest BCUT2D eigenvalue weighted by molar-refractivity contribution is 7.48. The van der Waals surface area contributed by atoms with Crippen molar-refractivity contribution < 1.29 is 41.5 Å². The monoisotopic (exact) mass is 754 g/mol. The molecule has 3 aliphatic heterocycles. The molecule has 51 heavy (non-hydrogen) atoms. The van der Waals surface area contributed by atoms with Crippen LogP contribution in [0.5, 0.6) is 0 Å². The van der Waals surface area contributed by atoms with Gasteiger partial charge in [-0.05, 0) is 36.5 Å². The van der Waals surface area contributed by atoms with Crippen molar-refractivity contribution in [2.75, 3.05) is 13.2 Å². The second-order valence-corrected chi connectivity index (χ2v) is 22.7. The van der Waals surface area contributed by atoms with E-state index < -0.39 is 59.2 Å². The van der Waals surface area contributed by atoms with Crippen LogP contribution in [0.3, 0.4) is 0 Å². The van der Waals surface area contributed by atoms with E-state index in [1.54, 1.807) is 0 Å². The molecule has 0 amide bonds. The summed E-state index contributed by atoms with van der Waals surface area (Å²) in [5.41, 5.74) is 1.04. The van der Waals surface area contributed by atoms with E-state index in [0.29, 0.717) is 19.8 Å². The van der Waals surface area contributed by atoms with E-state index in [9.17, 15) is 4.57 Å². The molecule has 4 fully saturated rings. The number of rotatable bonds is 27. The molecule has 0 aromatic heterocycles. The summed E-state index contributed by atoms with van der Waals surface area (Å²) >= 11 is 0. The summed E-state index contributed by atoms with van der Waals surface area (Å²) in [4.78, 5) is 0. The fraction of sp³-hybridized carbons (Fsp3) is 0.850. The summed E-state index contributed by atoms with van der Waals surface area (Å²) in [5.74, 6) is 0. The van der Waals surface area contributed by atoms with Crippen LogP contribution in [-0.2, 0) is 48.1 Å². The van der Waals surface area contributed by atoms with Crippen molar-refractivity contribution in [3.8, 4) is 0 Å². The Hall–Kier alpha value is -0.653. The Bertz CT molecular complexity index is 1120. The zero-order valence-electron chi connectivity index (χ0n) is 33.0. The molecule has 1 saturated carbocycles. The third kappa shape index (κ3) is 13.3. The summed E-state index contributed by atoms with van der Waals surface area (Å²) in [6, 6.07) is 10.0. The molecule has 11 heteroatoms.